The molecule has 0 N–H and O–H groups in total. The number of piperazine rings is 2. The topological polar surface area (TPSA) is 13.0 Å². The van der Waals surface area contributed by atoms with Crippen LogP contribution in [0.4, 0.5) is 11.4 Å². The number of hydrogen-bond acceptors (Lipinski definition) is 4. The van der Waals surface area contributed by atoms with Crippen molar-refractivity contribution in [1.82, 2.24) is 9.80 Å². The normalized spacial score (nSPS) is 19.0. The van der Waals surface area contributed by atoms with Gasteiger partial charge in [0, 0.05) is 63.7 Å². The van der Waals surface area contributed by atoms with Crippen molar-refractivity contribution in [2.45, 2.75) is 20.3 Å². The average molecular weight is 393 g/mol. The molecule has 4 nitrogen and oxygen atoms in total. The molecule has 0 aliphatic carbocycles. The Morgan fingerprint density at radius 1 is 0.586 bits per heavy atom. The van der Waals surface area contributed by atoms with E-state index in [1.54, 1.807) is 0 Å². The van der Waals surface area contributed by atoms with Crippen LogP contribution in [-0.2, 0) is 0 Å². The van der Waals surface area contributed by atoms with Gasteiger partial charge in [0.05, 0.1) is 0 Å². The maximum atomic E-state index is 2.65. The van der Waals surface area contributed by atoms with Crippen molar-refractivity contribution in [2.24, 2.45) is 0 Å². The molecular formula is C25H36N4. The molecule has 2 heterocycles. The van der Waals surface area contributed by atoms with E-state index < -0.39 is 0 Å². The van der Waals surface area contributed by atoms with Crippen molar-refractivity contribution < 1.29 is 0 Å². The third-order valence-electron chi connectivity index (χ3n) is 6.46. The lowest BCUT2D eigenvalue weighted by Gasteiger charge is -2.38. The molecule has 4 rings (SSSR count). The van der Waals surface area contributed by atoms with Gasteiger partial charge in [-0.25, -0.2) is 0 Å². The minimum atomic E-state index is 1.15. The minimum absolute atomic E-state index is 1.15. The van der Waals surface area contributed by atoms with Crippen molar-refractivity contribution in [3.8, 4) is 0 Å². The Balaban J connectivity index is 1.13. The van der Waals surface area contributed by atoms with Crippen LogP contribution in [0.5, 0.6) is 0 Å². The first-order valence-electron chi connectivity index (χ1n) is 11.3. The summed E-state index contributed by atoms with van der Waals surface area (Å²) >= 11 is 0. The summed E-state index contributed by atoms with van der Waals surface area (Å²) in [5.74, 6) is 0. The highest BCUT2D eigenvalue weighted by atomic mass is 15.3. The Bertz CT molecular complexity index is 757. The van der Waals surface area contributed by atoms with E-state index in [-0.39, 0.29) is 0 Å². The molecule has 0 bridgehead atoms. The second-order valence-corrected chi connectivity index (χ2v) is 8.69. The summed E-state index contributed by atoms with van der Waals surface area (Å²) < 4.78 is 0. The van der Waals surface area contributed by atoms with Gasteiger partial charge in [-0.05, 0) is 63.2 Å². The van der Waals surface area contributed by atoms with Crippen LogP contribution in [0, 0.1) is 13.8 Å². The van der Waals surface area contributed by atoms with E-state index in [4.69, 9.17) is 0 Å². The van der Waals surface area contributed by atoms with E-state index in [0.717, 1.165) is 26.2 Å². The average Bonchev–Trinajstić information content (AvgIpc) is 2.75. The van der Waals surface area contributed by atoms with Crippen molar-refractivity contribution >= 4 is 11.4 Å². The maximum absolute atomic E-state index is 2.65. The summed E-state index contributed by atoms with van der Waals surface area (Å²) in [5.41, 5.74) is 5.46. The standard InChI is InChI=1S/C25H36N4/c1-22-7-9-24(10-8-22)28-17-13-26(14-18-28)11-4-12-27-15-19-29(20-16-27)25-6-3-5-23(2)21-25/h3,5-10,21H,4,11-20H2,1-2H3. The van der Waals surface area contributed by atoms with Crippen molar-refractivity contribution in [2.75, 3.05) is 75.2 Å². The highest BCUT2D eigenvalue weighted by molar-refractivity contribution is 5.49. The number of anilines is 2. The van der Waals surface area contributed by atoms with Crippen LogP contribution in [0.25, 0.3) is 0 Å². The molecule has 2 saturated heterocycles. The molecule has 0 amide bonds. The zero-order chi connectivity index (χ0) is 20.1. The van der Waals surface area contributed by atoms with Gasteiger partial charge in [0.1, 0.15) is 0 Å². The lowest BCUT2D eigenvalue weighted by atomic mass is 10.2. The molecule has 4 heteroatoms. The van der Waals surface area contributed by atoms with Gasteiger partial charge >= 0.3 is 0 Å². The SMILES string of the molecule is Cc1ccc(N2CCN(CCCN3CCN(c4cccc(C)c4)CC3)CC2)cc1. The van der Waals surface area contributed by atoms with Gasteiger partial charge in [-0.2, -0.15) is 0 Å². The van der Waals surface area contributed by atoms with E-state index in [1.807, 2.05) is 0 Å². The van der Waals surface area contributed by atoms with Crippen LogP contribution in [0.15, 0.2) is 48.5 Å². The molecule has 29 heavy (non-hydrogen) atoms. The third-order valence-corrected chi connectivity index (χ3v) is 6.46. The van der Waals surface area contributed by atoms with Gasteiger partial charge < -0.3 is 9.80 Å². The zero-order valence-electron chi connectivity index (χ0n) is 18.2. The van der Waals surface area contributed by atoms with E-state index in [1.165, 1.54) is 68.2 Å². The fraction of sp³-hybridized carbons (Fsp3) is 0.520. The number of nitrogens with zero attached hydrogens (tertiary/aromatic N) is 4. The van der Waals surface area contributed by atoms with Gasteiger partial charge in [-0.1, -0.05) is 29.8 Å². The summed E-state index contributed by atoms with van der Waals surface area (Å²) in [5, 5.41) is 0. The van der Waals surface area contributed by atoms with Crippen LogP contribution in [0.3, 0.4) is 0 Å². The Morgan fingerprint density at radius 3 is 1.69 bits per heavy atom. The van der Waals surface area contributed by atoms with E-state index in [2.05, 4.69) is 82.0 Å². The highest BCUT2D eigenvalue weighted by Gasteiger charge is 2.19. The lowest BCUT2D eigenvalue weighted by molar-refractivity contribution is 0.213. The summed E-state index contributed by atoms with van der Waals surface area (Å²) in [6, 6.07) is 17.9. The van der Waals surface area contributed by atoms with Crippen molar-refractivity contribution in [3.63, 3.8) is 0 Å². The van der Waals surface area contributed by atoms with Gasteiger partial charge in [0.15, 0.2) is 0 Å². The first-order chi connectivity index (χ1) is 14.2. The summed E-state index contributed by atoms with van der Waals surface area (Å²) in [7, 11) is 0. The predicted molar refractivity (Wildman–Crippen MR) is 124 cm³/mol. The molecule has 0 aromatic heterocycles. The van der Waals surface area contributed by atoms with Gasteiger partial charge in [0.2, 0.25) is 0 Å². The van der Waals surface area contributed by atoms with Crippen molar-refractivity contribution in [1.29, 1.82) is 0 Å². The minimum Gasteiger partial charge on any atom is -0.369 e. The fourth-order valence-corrected chi connectivity index (χ4v) is 4.56. The molecule has 0 spiro atoms. The highest BCUT2D eigenvalue weighted by Crippen LogP contribution is 2.19. The summed E-state index contributed by atoms with van der Waals surface area (Å²) in [6.45, 7) is 16.2. The van der Waals surface area contributed by atoms with Crippen molar-refractivity contribution in [3.05, 3.63) is 59.7 Å². The number of aryl methyl sites for hydroxylation is 2. The second kappa shape index (κ2) is 9.64. The van der Waals surface area contributed by atoms with Gasteiger partial charge in [-0.3, -0.25) is 9.80 Å². The number of benzene rings is 2. The summed E-state index contributed by atoms with van der Waals surface area (Å²) in [6.07, 6.45) is 1.29. The summed E-state index contributed by atoms with van der Waals surface area (Å²) in [4.78, 5) is 10.4. The zero-order valence-corrected chi connectivity index (χ0v) is 18.2. The van der Waals surface area contributed by atoms with Gasteiger partial charge in [0.25, 0.3) is 0 Å². The van der Waals surface area contributed by atoms with E-state index >= 15 is 0 Å². The molecule has 156 valence electrons. The van der Waals surface area contributed by atoms with E-state index in [9.17, 15) is 0 Å². The first-order valence-corrected chi connectivity index (χ1v) is 11.3. The largest absolute Gasteiger partial charge is 0.369 e. The number of hydrogen-bond donors (Lipinski definition) is 0. The second-order valence-electron chi connectivity index (χ2n) is 8.69. The molecule has 0 unspecified atom stereocenters. The Labute approximate surface area is 176 Å². The Hall–Kier alpha value is -2.04. The molecule has 2 aliphatic rings. The monoisotopic (exact) mass is 392 g/mol. The maximum Gasteiger partial charge on any atom is 0.0369 e. The molecule has 2 aliphatic heterocycles. The van der Waals surface area contributed by atoms with Crippen LogP contribution >= 0.6 is 0 Å². The van der Waals surface area contributed by atoms with Gasteiger partial charge in [-0.15, -0.1) is 0 Å². The molecule has 2 fully saturated rings. The van der Waals surface area contributed by atoms with Crippen LogP contribution in [0.1, 0.15) is 17.5 Å². The van der Waals surface area contributed by atoms with Crippen LogP contribution in [0.2, 0.25) is 0 Å². The third kappa shape index (κ3) is 5.52. The Kier molecular flexibility index (Phi) is 6.73. The Morgan fingerprint density at radius 2 is 1.14 bits per heavy atom. The lowest BCUT2D eigenvalue weighted by Crippen LogP contribution is -2.48. The van der Waals surface area contributed by atoms with Crippen LogP contribution < -0.4 is 9.80 Å². The molecule has 0 saturated carbocycles. The van der Waals surface area contributed by atoms with E-state index in [0.29, 0.717) is 0 Å². The quantitative estimate of drug-likeness (QED) is 0.744. The number of rotatable bonds is 6. The predicted octanol–water partition coefficient (Wildman–Crippen LogP) is 3.64. The fourth-order valence-electron chi connectivity index (χ4n) is 4.56. The molecular weight excluding hydrogens is 356 g/mol. The smallest absolute Gasteiger partial charge is 0.0369 e. The molecule has 0 atom stereocenters. The van der Waals surface area contributed by atoms with Crippen LogP contribution in [-0.4, -0.2) is 75.2 Å². The molecule has 0 radical (unpaired) electrons. The molecule has 2 aromatic carbocycles. The first kappa shape index (κ1) is 20.2. The molecule has 2 aromatic rings.